The molecule has 0 aliphatic heterocycles. The van der Waals surface area contributed by atoms with E-state index in [9.17, 15) is 0 Å². The molecule has 75 heavy (non-hydrogen) atoms. The van der Waals surface area contributed by atoms with Gasteiger partial charge in [-0.2, -0.15) is 0 Å². The first-order valence-electron chi connectivity index (χ1n) is 25.6. The minimum Gasteiger partial charge on any atom is -0.309 e. The summed E-state index contributed by atoms with van der Waals surface area (Å²) in [7, 11) is 0. The van der Waals surface area contributed by atoms with Crippen LogP contribution in [0.25, 0.3) is 111 Å². The molecule has 352 valence electrons. The Morgan fingerprint density at radius 3 is 1.01 bits per heavy atom. The molecule has 0 saturated carbocycles. The Labute approximate surface area is 435 Å². The molecule has 3 heterocycles. The van der Waals surface area contributed by atoms with Crippen molar-refractivity contribution in [1.29, 1.82) is 0 Å². The fraction of sp³-hybridized carbons (Fsp3) is 0. The highest BCUT2D eigenvalue weighted by Gasteiger charge is 2.19. The van der Waals surface area contributed by atoms with E-state index in [1.165, 1.54) is 65.9 Å². The summed E-state index contributed by atoms with van der Waals surface area (Å²) in [4.78, 5) is 7.56. The third kappa shape index (κ3) is 7.93. The molecule has 0 amide bonds. The second kappa shape index (κ2) is 18.5. The third-order valence-corrected chi connectivity index (χ3v) is 14.7. The Bertz CT molecular complexity index is 4090. The van der Waals surface area contributed by atoms with Crippen LogP contribution in [0, 0.1) is 0 Å². The lowest BCUT2D eigenvalue weighted by molar-refractivity contribution is 1.18. The first-order chi connectivity index (χ1) is 37.2. The second-order valence-corrected chi connectivity index (χ2v) is 19.2. The van der Waals surface area contributed by atoms with Crippen LogP contribution in [0.1, 0.15) is 0 Å². The maximum Gasteiger partial charge on any atom is 0.137 e. The summed E-state index contributed by atoms with van der Waals surface area (Å²) in [5.74, 6) is 0.829. The van der Waals surface area contributed by atoms with E-state index < -0.39 is 0 Å². The van der Waals surface area contributed by atoms with Crippen LogP contribution in [0.2, 0.25) is 0 Å². The van der Waals surface area contributed by atoms with Gasteiger partial charge < -0.3 is 9.13 Å². The lowest BCUT2D eigenvalue weighted by Gasteiger charge is -2.25. The van der Waals surface area contributed by atoms with Gasteiger partial charge in [0.1, 0.15) is 5.82 Å². The van der Waals surface area contributed by atoms with Crippen molar-refractivity contribution in [2.24, 2.45) is 0 Å². The van der Waals surface area contributed by atoms with Crippen LogP contribution in [0.5, 0.6) is 0 Å². The summed E-state index contributed by atoms with van der Waals surface area (Å²) < 4.78 is 4.76. The minimum atomic E-state index is 0.829. The van der Waals surface area contributed by atoms with Gasteiger partial charge >= 0.3 is 0 Å². The average molecular weight is 957 g/mol. The van der Waals surface area contributed by atoms with Gasteiger partial charge in [-0.25, -0.2) is 4.98 Å². The molecule has 0 fully saturated rings. The molecule has 0 radical (unpaired) electrons. The van der Waals surface area contributed by atoms with Gasteiger partial charge in [0.05, 0.1) is 22.1 Å². The van der Waals surface area contributed by atoms with Crippen molar-refractivity contribution in [1.82, 2.24) is 14.1 Å². The van der Waals surface area contributed by atoms with Gasteiger partial charge in [0.2, 0.25) is 0 Å². The zero-order valence-electron chi connectivity index (χ0n) is 41.0. The van der Waals surface area contributed by atoms with E-state index >= 15 is 0 Å². The predicted octanol–water partition coefficient (Wildman–Crippen LogP) is 19.1. The maximum absolute atomic E-state index is 5.31. The van der Waals surface area contributed by atoms with E-state index in [0.717, 1.165) is 61.9 Å². The Morgan fingerprint density at radius 2 is 0.587 bits per heavy atom. The Kier molecular flexibility index (Phi) is 10.8. The fourth-order valence-electron chi connectivity index (χ4n) is 11.1. The van der Waals surface area contributed by atoms with Gasteiger partial charge in [-0.3, -0.25) is 4.90 Å². The zero-order chi connectivity index (χ0) is 49.7. The van der Waals surface area contributed by atoms with Crippen LogP contribution in [-0.4, -0.2) is 14.1 Å². The normalized spacial score (nSPS) is 11.5. The fourth-order valence-corrected chi connectivity index (χ4v) is 11.1. The van der Waals surface area contributed by atoms with E-state index in [0.29, 0.717) is 0 Å². The summed E-state index contributed by atoms with van der Waals surface area (Å²) in [5.41, 5.74) is 20.5. The van der Waals surface area contributed by atoms with E-state index in [-0.39, 0.29) is 0 Å². The molecule has 4 heteroatoms. The highest BCUT2D eigenvalue weighted by molar-refractivity contribution is 6.12. The molecule has 0 aliphatic carbocycles. The lowest BCUT2D eigenvalue weighted by Crippen LogP contribution is -2.11. The van der Waals surface area contributed by atoms with Crippen LogP contribution in [0.4, 0.5) is 17.2 Å². The number of nitrogens with zero attached hydrogens (tertiary/aromatic N) is 4. The smallest absolute Gasteiger partial charge is 0.137 e. The first-order valence-corrected chi connectivity index (χ1v) is 25.6. The molecule has 4 nitrogen and oxygen atoms in total. The molecule has 0 atom stereocenters. The minimum absolute atomic E-state index is 0.829. The van der Waals surface area contributed by atoms with Gasteiger partial charge in [0.15, 0.2) is 0 Å². The maximum atomic E-state index is 5.31. The molecule has 0 bridgehead atoms. The SMILES string of the molecule is c1ccc(-c2ccc(N(c3ccc(-c4ccccc4)cc3)c3ccc(-c4cc(-c5ccc6c(c5)c5ccccc5n6-c5ccccc5)cc(-c5ccc6c(c5)c5ccccc5n6-c5ccccc5)c4)cn3)cc2)cc1. The molecule has 0 N–H and O–H groups in total. The van der Waals surface area contributed by atoms with Gasteiger partial charge in [-0.05, 0) is 165 Å². The highest BCUT2D eigenvalue weighted by Crippen LogP contribution is 2.42. The quantitative estimate of drug-likeness (QED) is 0.137. The number of hydrogen-bond donors (Lipinski definition) is 0. The van der Waals surface area contributed by atoms with Crippen LogP contribution in [0.15, 0.2) is 291 Å². The van der Waals surface area contributed by atoms with Crippen molar-refractivity contribution in [3.63, 3.8) is 0 Å². The molecule has 0 aliphatic rings. The number of rotatable bonds is 10. The molecular formula is C71H48N4. The van der Waals surface area contributed by atoms with Crippen LogP contribution in [-0.2, 0) is 0 Å². The number of pyridine rings is 1. The topological polar surface area (TPSA) is 26.0 Å². The summed E-state index contributed by atoms with van der Waals surface area (Å²) in [6, 6.07) is 103. The van der Waals surface area contributed by atoms with Crippen molar-refractivity contribution >= 4 is 60.8 Å². The second-order valence-electron chi connectivity index (χ2n) is 19.2. The van der Waals surface area contributed by atoms with E-state index in [2.05, 4.69) is 299 Å². The summed E-state index contributed by atoms with van der Waals surface area (Å²) in [6.07, 6.45) is 2.04. The van der Waals surface area contributed by atoms with Crippen LogP contribution < -0.4 is 4.90 Å². The standard InChI is InChI=1S/C71H48N4/c1-5-17-49(18-6-1)51-29-36-61(37-30-51)73(62-38-31-52(32-39-62)50-19-7-2-8-20-50)71-42-35-55(48-72-71)58-44-56(53-33-40-69-65(46-53)63-25-13-15-27-67(63)74(69)59-21-9-3-10-22-59)43-57(45-58)54-34-41-70-66(47-54)64-26-14-16-28-68(64)75(70)60-23-11-4-12-24-60/h1-48H. The molecule has 0 spiro atoms. The number of fused-ring (bicyclic) bond motifs is 6. The van der Waals surface area contributed by atoms with Crippen molar-refractivity contribution < 1.29 is 0 Å². The molecule has 11 aromatic carbocycles. The summed E-state index contributed by atoms with van der Waals surface area (Å²) in [6.45, 7) is 0. The van der Waals surface area contributed by atoms with Gasteiger partial charge in [-0.1, -0.05) is 170 Å². The molecule has 3 aromatic heterocycles. The van der Waals surface area contributed by atoms with Gasteiger partial charge in [0.25, 0.3) is 0 Å². The van der Waals surface area contributed by atoms with Crippen molar-refractivity contribution in [3.8, 4) is 67.0 Å². The zero-order valence-corrected chi connectivity index (χ0v) is 41.0. The molecule has 0 unspecified atom stereocenters. The lowest BCUT2D eigenvalue weighted by atomic mass is 9.92. The van der Waals surface area contributed by atoms with Crippen molar-refractivity contribution in [3.05, 3.63) is 291 Å². The monoisotopic (exact) mass is 956 g/mol. The number of benzene rings is 11. The first kappa shape index (κ1) is 43.7. The number of hydrogen-bond acceptors (Lipinski definition) is 2. The Morgan fingerprint density at radius 1 is 0.240 bits per heavy atom. The molecular weight excluding hydrogens is 909 g/mol. The van der Waals surface area contributed by atoms with E-state index in [4.69, 9.17) is 4.98 Å². The summed E-state index contributed by atoms with van der Waals surface area (Å²) >= 11 is 0. The predicted molar refractivity (Wildman–Crippen MR) is 315 cm³/mol. The van der Waals surface area contributed by atoms with E-state index in [1.807, 2.05) is 6.20 Å². The largest absolute Gasteiger partial charge is 0.309 e. The number of para-hydroxylation sites is 4. The number of aromatic nitrogens is 3. The van der Waals surface area contributed by atoms with E-state index in [1.54, 1.807) is 0 Å². The average Bonchev–Trinajstić information content (AvgIpc) is 4.01. The highest BCUT2D eigenvalue weighted by atomic mass is 15.2. The molecule has 14 aromatic rings. The van der Waals surface area contributed by atoms with Crippen LogP contribution in [0.3, 0.4) is 0 Å². The van der Waals surface area contributed by atoms with Crippen molar-refractivity contribution in [2.75, 3.05) is 4.90 Å². The number of anilines is 3. The van der Waals surface area contributed by atoms with Gasteiger partial charge in [0, 0.05) is 56.1 Å². The third-order valence-electron chi connectivity index (χ3n) is 14.7. The molecule has 0 saturated heterocycles. The van der Waals surface area contributed by atoms with Gasteiger partial charge in [-0.15, -0.1) is 0 Å². The molecule has 14 rings (SSSR count). The van der Waals surface area contributed by atoms with Crippen molar-refractivity contribution in [2.45, 2.75) is 0 Å². The Hall–Kier alpha value is -10.0. The summed E-state index contributed by atoms with van der Waals surface area (Å²) in [5, 5.41) is 4.88. The Balaban J connectivity index is 0.912. The van der Waals surface area contributed by atoms with Crippen LogP contribution >= 0.6 is 0 Å².